The summed E-state index contributed by atoms with van der Waals surface area (Å²) in [5.74, 6) is 1.26. The number of nitrogen functional groups attached to an aromatic ring is 1. The van der Waals surface area contributed by atoms with Crippen LogP contribution >= 0.6 is 11.5 Å². The van der Waals surface area contributed by atoms with E-state index in [1.54, 1.807) is 0 Å². The van der Waals surface area contributed by atoms with Crippen molar-refractivity contribution in [3.05, 3.63) is 5.56 Å². The number of anilines is 2. The molecule has 1 amide bonds. The van der Waals surface area contributed by atoms with E-state index < -0.39 is 5.91 Å². The SMILES string of the molecule is NC(=O)c1c(N)nsc1NC(C1CC1)C1CC1. The Bertz CT molecular complexity index is 438. The molecular formula is C11H16N4OS. The number of carbonyl (C=O) groups excluding carboxylic acids is 1. The first-order chi connectivity index (χ1) is 8.16. The summed E-state index contributed by atoms with van der Waals surface area (Å²) in [7, 11) is 0. The second kappa shape index (κ2) is 3.87. The lowest BCUT2D eigenvalue weighted by molar-refractivity contribution is 0.100. The Morgan fingerprint density at radius 3 is 2.41 bits per heavy atom. The van der Waals surface area contributed by atoms with Crippen LogP contribution < -0.4 is 16.8 Å². The molecule has 0 saturated heterocycles. The molecule has 0 bridgehead atoms. The lowest BCUT2D eigenvalue weighted by atomic mass is 10.1. The third-order valence-corrected chi connectivity index (χ3v) is 4.31. The van der Waals surface area contributed by atoms with Gasteiger partial charge in [0, 0.05) is 6.04 Å². The van der Waals surface area contributed by atoms with Crippen LogP contribution in [0.2, 0.25) is 0 Å². The Kier molecular flexibility index (Phi) is 2.47. The van der Waals surface area contributed by atoms with Gasteiger partial charge >= 0.3 is 0 Å². The van der Waals surface area contributed by atoms with Crippen molar-refractivity contribution in [2.45, 2.75) is 31.7 Å². The van der Waals surface area contributed by atoms with Crippen molar-refractivity contribution in [3.63, 3.8) is 0 Å². The number of amides is 1. The summed E-state index contributed by atoms with van der Waals surface area (Å²) < 4.78 is 4.01. The molecule has 6 heteroatoms. The Morgan fingerprint density at radius 1 is 1.35 bits per heavy atom. The minimum atomic E-state index is -0.496. The van der Waals surface area contributed by atoms with Gasteiger partial charge in [-0.15, -0.1) is 0 Å². The van der Waals surface area contributed by atoms with Crippen LogP contribution in [0.4, 0.5) is 10.8 Å². The molecule has 0 radical (unpaired) electrons. The van der Waals surface area contributed by atoms with Crippen LogP contribution in [0, 0.1) is 11.8 Å². The van der Waals surface area contributed by atoms with Gasteiger partial charge in [0.1, 0.15) is 10.6 Å². The van der Waals surface area contributed by atoms with Crippen molar-refractivity contribution >= 4 is 28.3 Å². The van der Waals surface area contributed by atoms with Crippen molar-refractivity contribution in [1.29, 1.82) is 0 Å². The van der Waals surface area contributed by atoms with Crippen molar-refractivity contribution in [2.75, 3.05) is 11.1 Å². The molecule has 0 unspecified atom stereocenters. The van der Waals surface area contributed by atoms with Crippen molar-refractivity contribution in [1.82, 2.24) is 4.37 Å². The summed E-state index contributed by atoms with van der Waals surface area (Å²) in [6.45, 7) is 0. The summed E-state index contributed by atoms with van der Waals surface area (Å²) in [5, 5.41) is 4.20. The highest BCUT2D eigenvalue weighted by molar-refractivity contribution is 7.11. The van der Waals surface area contributed by atoms with Gasteiger partial charge in [-0.05, 0) is 49.1 Å². The molecule has 2 aliphatic rings. The fourth-order valence-corrected chi connectivity index (χ4v) is 3.09. The van der Waals surface area contributed by atoms with Gasteiger partial charge in [0.05, 0.1) is 0 Å². The minimum absolute atomic E-state index is 0.246. The van der Waals surface area contributed by atoms with Crippen LogP contribution in [0.3, 0.4) is 0 Å². The summed E-state index contributed by atoms with van der Waals surface area (Å²) in [4.78, 5) is 11.3. The van der Waals surface area contributed by atoms with Crippen molar-refractivity contribution in [2.24, 2.45) is 17.6 Å². The summed E-state index contributed by atoms with van der Waals surface area (Å²) in [6, 6.07) is 0.480. The minimum Gasteiger partial charge on any atom is -0.382 e. The molecule has 92 valence electrons. The molecule has 3 rings (SSSR count). The van der Waals surface area contributed by atoms with Crippen LogP contribution in [-0.2, 0) is 0 Å². The molecule has 2 fully saturated rings. The molecular weight excluding hydrogens is 236 g/mol. The topological polar surface area (TPSA) is 94.0 Å². The molecule has 0 aliphatic heterocycles. The lowest BCUT2D eigenvalue weighted by Crippen LogP contribution is -2.25. The molecule has 0 spiro atoms. The van der Waals surface area contributed by atoms with E-state index in [-0.39, 0.29) is 5.82 Å². The normalized spacial score (nSPS) is 19.6. The molecule has 5 N–H and O–H groups in total. The highest BCUT2D eigenvalue weighted by Gasteiger charge is 2.42. The number of primary amides is 1. The Balaban J connectivity index is 1.81. The number of aromatic nitrogens is 1. The fourth-order valence-electron chi connectivity index (χ4n) is 2.32. The number of nitrogens with zero attached hydrogens (tertiary/aromatic N) is 1. The van der Waals surface area contributed by atoms with Gasteiger partial charge in [-0.3, -0.25) is 4.79 Å². The highest BCUT2D eigenvalue weighted by Crippen LogP contribution is 2.46. The molecule has 5 nitrogen and oxygen atoms in total. The van der Waals surface area contributed by atoms with Gasteiger partial charge in [-0.1, -0.05) is 0 Å². The molecule has 1 heterocycles. The lowest BCUT2D eigenvalue weighted by Gasteiger charge is -2.17. The standard InChI is InChI=1S/C11H16N4OS/c12-9-7(10(13)16)11(17-15-9)14-8(5-1-2-5)6-3-4-6/h5-6,8,14H,1-4H2,(H2,12,15)(H2,13,16). The van der Waals surface area contributed by atoms with Crippen LogP contribution in [-0.4, -0.2) is 16.3 Å². The van der Waals surface area contributed by atoms with E-state index in [0.717, 1.165) is 16.8 Å². The second-order valence-electron chi connectivity index (χ2n) is 4.98. The van der Waals surface area contributed by atoms with E-state index in [2.05, 4.69) is 9.69 Å². The maximum Gasteiger partial charge on any atom is 0.255 e. The Labute approximate surface area is 104 Å². The van der Waals surface area contributed by atoms with Gasteiger partial charge < -0.3 is 16.8 Å². The number of nitrogens with one attached hydrogen (secondary N) is 1. The van der Waals surface area contributed by atoms with Crippen LogP contribution in [0.1, 0.15) is 36.0 Å². The highest BCUT2D eigenvalue weighted by atomic mass is 32.1. The van der Waals surface area contributed by atoms with E-state index in [9.17, 15) is 4.79 Å². The van der Waals surface area contributed by atoms with Gasteiger partial charge in [-0.2, -0.15) is 4.37 Å². The zero-order valence-corrected chi connectivity index (χ0v) is 10.3. The third-order valence-electron chi connectivity index (χ3n) is 3.52. The zero-order chi connectivity index (χ0) is 12.0. The average molecular weight is 252 g/mol. The number of carbonyl (C=O) groups is 1. The maximum atomic E-state index is 11.3. The predicted octanol–water partition coefficient (Wildman–Crippen LogP) is 1.42. The first-order valence-electron chi connectivity index (χ1n) is 5.98. The van der Waals surface area contributed by atoms with E-state index in [1.807, 2.05) is 0 Å². The Morgan fingerprint density at radius 2 is 1.94 bits per heavy atom. The molecule has 17 heavy (non-hydrogen) atoms. The molecule has 0 aromatic carbocycles. The van der Waals surface area contributed by atoms with Gasteiger partial charge in [0.25, 0.3) is 5.91 Å². The first kappa shape index (κ1) is 10.8. The summed E-state index contributed by atoms with van der Waals surface area (Å²) in [6.07, 6.45) is 5.14. The largest absolute Gasteiger partial charge is 0.382 e. The van der Waals surface area contributed by atoms with Crippen LogP contribution in [0.15, 0.2) is 0 Å². The first-order valence-corrected chi connectivity index (χ1v) is 6.75. The molecule has 1 aromatic heterocycles. The molecule has 2 aliphatic carbocycles. The predicted molar refractivity (Wildman–Crippen MR) is 67.9 cm³/mol. The number of hydrogen-bond donors (Lipinski definition) is 3. The summed E-state index contributed by atoms with van der Waals surface area (Å²) >= 11 is 1.24. The van der Waals surface area contributed by atoms with Gasteiger partial charge in [0.15, 0.2) is 5.82 Å². The van der Waals surface area contributed by atoms with Crippen LogP contribution in [0.5, 0.6) is 0 Å². The Hall–Kier alpha value is -1.30. The molecule has 0 atom stereocenters. The smallest absolute Gasteiger partial charge is 0.255 e. The maximum absolute atomic E-state index is 11.3. The van der Waals surface area contributed by atoms with Gasteiger partial charge in [0.2, 0.25) is 0 Å². The second-order valence-corrected chi connectivity index (χ2v) is 5.75. The average Bonchev–Trinajstić information content (AvgIpc) is 3.14. The number of nitrogens with two attached hydrogens (primary N) is 2. The molecule has 1 aromatic rings. The van der Waals surface area contributed by atoms with Gasteiger partial charge in [-0.25, -0.2) is 0 Å². The van der Waals surface area contributed by atoms with E-state index in [0.29, 0.717) is 11.6 Å². The monoisotopic (exact) mass is 252 g/mol. The summed E-state index contributed by atoms with van der Waals surface area (Å²) in [5.41, 5.74) is 11.3. The number of hydrogen-bond acceptors (Lipinski definition) is 5. The van der Waals surface area contributed by atoms with E-state index in [1.165, 1.54) is 37.2 Å². The van der Waals surface area contributed by atoms with Crippen molar-refractivity contribution in [3.8, 4) is 0 Å². The van der Waals surface area contributed by atoms with E-state index >= 15 is 0 Å². The quantitative estimate of drug-likeness (QED) is 0.738. The molecule has 2 saturated carbocycles. The van der Waals surface area contributed by atoms with E-state index in [4.69, 9.17) is 11.5 Å². The number of rotatable bonds is 5. The van der Waals surface area contributed by atoms with Crippen LogP contribution in [0.25, 0.3) is 0 Å². The third kappa shape index (κ3) is 2.09. The van der Waals surface area contributed by atoms with Crippen molar-refractivity contribution < 1.29 is 4.79 Å². The fraction of sp³-hybridized carbons (Fsp3) is 0.636. The zero-order valence-electron chi connectivity index (χ0n) is 9.48.